The Morgan fingerprint density at radius 1 is 1.17 bits per heavy atom. The van der Waals surface area contributed by atoms with Gasteiger partial charge in [0.2, 0.25) is 0 Å². The van der Waals surface area contributed by atoms with Crippen molar-refractivity contribution < 1.29 is 13.9 Å². The molecule has 2 aromatic heterocycles. The summed E-state index contributed by atoms with van der Waals surface area (Å²) in [4.78, 5) is 17.5. The molecule has 0 radical (unpaired) electrons. The minimum Gasteiger partial charge on any atom is -0.368 e. The molecule has 1 aliphatic rings. The Balaban J connectivity index is 1.43. The first-order valence-corrected chi connectivity index (χ1v) is 12.0. The average molecular weight is 486 g/mol. The zero-order chi connectivity index (χ0) is 25.1. The number of carbonyl (C=O) groups is 1. The molecule has 7 nitrogen and oxygen atoms in total. The summed E-state index contributed by atoms with van der Waals surface area (Å²) in [6.45, 7) is 2.80. The molecule has 0 bridgehead atoms. The zero-order valence-corrected chi connectivity index (χ0v) is 20.0. The van der Waals surface area contributed by atoms with Crippen LogP contribution in [0.5, 0.6) is 0 Å². The molecule has 1 amide bonds. The van der Waals surface area contributed by atoms with Crippen LogP contribution in [0.15, 0.2) is 73.1 Å². The highest BCUT2D eigenvalue weighted by atomic mass is 19.1. The molecule has 1 atom stereocenters. The molecule has 5 rings (SSSR count). The van der Waals surface area contributed by atoms with E-state index in [0.717, 1.165) is 29.5 Å². The highest BCUT2D eigenvalue weighted by Crippen LogP contribution is 2.34. The maximum Gasteiger partial charge on any atom is 0.274 e. The Bertz CT molecular complexity index is 1370. The lowest BCUT2D eigenvalue weighted by molar-refractivity contribution is 0.0716. The standard InChI is InChI=1S/C28H28FN5O2/c1-18-12-26(34(33-18)23-6-2-4-20(13-23)15-30)28(35)32-25-14-21(9-10-24(25)29)27(36-17-19-7-8-19)22-5-3-11-31-16-22/h2-6,9-14,16,19,27H,7-8,15,17,30H2,1H3,(H,32,35). The third kappa shape index (κ3) is 5.35. The van der Waals surface area contributed by atoms with Gasteiger partial charge in [-0.25, -0.2) is 9.07 Å². The van der Waals surface area contributed by atoms with Crippen molar-refractivity contribution in [2.75, 3.05) is 11.9 Å². The van der Waals surface area contributed by atoms with Crippen LogP contribution >= 0.6 is 0 Å². The average Bonchev–Trinajstić information content (AvgIpc) is 3.65. The number of carbonyl (C=O) groups excluding carboxylic acids is 1. The lowest BCUT2D eigenvalue weighted by atomic mass is 10.0. The summed E-state index contributed by atoms with van der Waals surface area (Å²) >= 11 is 0. The third-order valence-corrected chi connectivity index (χ3v) is 6.18. The zero-order valence-electron chi connectivity index (χ0n) is 20.0. The van der Waals surface area contributed by atoms with Crippen LogP contribution in [0.25, 0.3) is 5.69 Å². The summed E-state index contributed by atoms with van der Waals surface area (Å²) in [6.07, 6.45) is 5.35. The molecule has 2 heterocycles. The smallest absolute Gasteiger partial charge is 0.274 e. The van der Waals surface area contributed by atoms with Gasteiger partial charge in [-0.15, -0.1) is 0 Å². The molecule has 8 heteroatoms. The van der Waals surface area contributed by atoms with Crippen LogP contribution in [0.4, 0.5) is 10.1 Å². The van der Waals surface area contributed by atoms with Gasteiger partial charge in [-0.05, 0) is 73.2 Å². The largest absolute Gasteiger partial charge is 0.368 e. The van der Waals surface area contributed by atoms with Gasteiger partial charge in [0.25, 0.3) is 5.91 Å². The van der Waals surface area contributed by atoms with Crippen molar-refractivity contribution in [3.63, 3.8) is 0 Å². The van der Waals surface area contributed by atoms with Crippen LogP contribution in [0.1, 0.15) is 51.8 Å². The molecule has 2 aromatic carbocycles. The van der Waals surface area contributed by atoms with Crippen molar-refractivity contribution >= 4 is 11.6 Å². The summed E-state index contributed by atoms with van der Waals surface area (Å²) in [5.41, 5.74) is 10.0. The molecule has 4 aromatic rings. The normalized spacial score (nSPS) is 14.0. The van der Waals surface area contributed by atoms with Crippen LogP contribution in [0, 0.1) is 18.7 Å². The van der Waals surface area contributed by atoms with Gasteiger partial charge < -0.3 is 15.8 Å². The van der Waals surface area contributed by atoms with Gasteiger partial charge >= 0.3 is 0 Å². The Labute approximate surface area is 209 Å². The Kier molecular flexibility index (Phi) is 6.88. The fraction of sp³-hybridized carbons (Fsp3) is 0.250. The van der Waals surface area contributed by atoms with E-state index in [-0.39, 0.29) is 5.69 Å². The van der Waals surface area contributed by atoms with E-state index in [0.29, 0.717) is 36.1 Å². The first-order chi connectivity index (χ1) is 17.5. The van der Waals surface area contributed by atoms with E-state index in [9.17, 15) is 9.18 Å². The van der Waals surface area contributed by atoms with E-state index < -0.39 is 17.8 Å². The first kappa shape index (κ1) is 23.8. The number of aryl methyl sites for hydroxylation is 1. The quantitative estimate of drug-likeness (QED) is 0.350. The summed E-state index contributed by atoms with van der Waals surface area (Å²) in [6, 6.07) is 17.6. The van der Waals surface area contributed by atoms with Gasteiger partial charge in [0.05, 0.1) is 23.7 Å². The molecular weight excluding hydrogens is 457 g/mol. The predicted molar refractivity (Wildman–Crippen MR) is 135 cm³/mol. The summed E-state index contributed by atoms with van der Waals surface area (Å²) < 4.78 is 22.6. The number of hydrogen-bond acceptors (Lipinski definition) is 5. The second-order valence-electron chi connectivity index (χ2n) is 9.09. The lowest BCUT2D eigenvalue weighted by Crippen LogP contribution is -2.18. The fourth-order valence-electron chi connectivity index (χ4n) is 4.09. The Hall–Kier alpha value is -3.88. The molecule has 184 valence electrons. The van der Waals surface area contributed by atoms with Crippen molar-refractivity contribution in [2.24, 2.45) is 11.7 Å². The minimum absolute atomic E-state index is 0.0718. The topological polar surface area (TPSA) is 95.1 Å². The number of anilines is 1. The van der Waals surface area contributed by atoms with Crippen molar-refractivity contribution in [1.29, 1.82) is 0 Å². The second-order valence-corrected chi connectivity index (χ2v) is 9.09. The van der Waals surface area contributed by atoms with Crippen molar-refractivity contribution in [3.8, 4) is 5.69 Å². The number of aromatic nitrogens is 3. The second kappa shape index (κ2) is 10.4. The van der Waals surface area contributed by atoms with Gasteiger partial charge in [-0.2, -0.15) is 5.10 Å². The highest BCUT2D eigenvalue weighted by molar-refractivity contribution is 6.03. The number of halogens is 1. The predicted octanol–water partition coefficient (Wildman–Crippen LogP) is 4.94. The molecule has 0 aliphatic heterocycles. The van der Waals surface area contributed by atoms with Crippen LogP contribution in [0.3, 0.4) is 0 Å². The third-order valence-electron chi connectivity index (χ3n) is 6.18. The van der Waals surface area contributed by atoms with Gasteiger partial charge in [0.15, 0.2) is 0 Å². The van der Waals surface area contributed by atoms with E-state index in [4.69, 9.17) is 10.5 Å². The maximum absolute atomic E-state index is 14.9. The van der Waals surface area contributed by atoms with Gasteiger partial charge in [-0.3, -0.25) is 9.78 Å². The van der Waals surface area contributed by atoms with Crippen LogP contribution in [0.2, 0.25) is 0 Å². The van der Waals surface area contributed by atoms with Gasteiger partial charge in [0, 0.05) is 24.5 Å². The molecule has 1 saturated carbocycles. The number of ether oxygens (including phenoxy) is 1. The number of nitrogens with two attached hydrogens (primary N) is 1. The molecule has 36 heavy (non-hydrogen) atoms. The molecule has 3 N–H and O–H groups in total. The number of rotatable bonds is 9. The molecule has 1 unspecified atom stereocenters. The van der Waals surface area contributed by atoms with Crippen LogP contribution < -0.4 is 11.1 Å². The van der Waals surface area contributed by atoms with E-state index in [2.05, 4.69) is 15.4 Å². The van der Waals surface area contributed by atoms with E-state index in [1.807, 2.05) is 36.4 Å². The number of amides is 1. The lowest BCUT2D eigenvalue weighted by Gasteiger charge is -2.20. The van der Waals surface area contributed by atoms with Crippen LogP contribution in [-0.4, -0.2) is 27.3 Å². The van der Waals surface area contributed by atoms with Crippen molar-refractivity contribution in [2.45, 2.75) is 32.4 Å². The van der Waals surface area contributed by atoms with E-state index >= 15 is 0 Å². The van der Waals surface area contributed by atoms with Crippen molar-refractivity contribution in [1.82, 2.24) is 14.8 Å². The molecule has 1 aliphatic carbocycles. The molecule has 0 saturated heterocycles. The Morgan fingerprint density at radius 2 is 2.03 bits per heavy atom. The molecule has 1 fully saturated rings. The number of hydrogen-bond donors (Lipinski definition) is 2. The van der Waals surface area contributed by atoms with Crippen molar-refractivity contribution in [3.05, 3.63) is 107 Å². The number of pyridine rings is 1. The molecular formula is C28H28FN5O2. The SMILES string of the molecule is Cc1cc(C(=O)Nc2cc(C(OCC3CC3)c3cccnc3)ccc2F)n(-c2cccc(CN)c2)n1. The number of nitrogens with one attached hydrogen (secondary N) is 1. The maximum atomic E-state index is 14.9. The highest BCUT2D eigenvalue weighted by Gasteiger charge is 2.25. The van der Waals surface area contributed by atoms with Crippen LogP contribution in [-0.2, 0) is 11.3 Å². The van der Waals surface area contributed by atoms with Gasteiger partial charge in [-0.1, -0.05) is 24.3 Å². The monoisotopic (exact) mass is 485 g/mol. The first-order valence-electron chi connectivity index (χ1n) is 12.0. The molecule has 0 spiro atoms. The summed E-state index contributed by atoms with van der Waals surface area (Å²) in [5, 5.41) is 7.20. The minimum atomic E-state index is -0.535. The number of nitrogens with zero attached hydrogens (tertiary/aromatic N) is 3. The Morgan fingerprint density at radius 3 is 2.78 bits per heavy atom. The van der Waals surface area contributed by atoms with E-state index in [1.54, 1.807) is 42.2 Å². The number of benzene rings is 2. The summed E-state index contributed by atoms with van der Waals surface area (Å²) in [5.74, 6) is -0.445. The van der Waals surface area contributed by atoms with E-state index in [1.165, 1.54) is 6.07 Å². The summed E-state index contributed by atoms with van der Waals surface area (Å²) in [7, 11) is 0. The van der Waals surface area contributed by atoms with Gasteiger partial charge in [0.1, 0.15) is 17.6 Å². The fourth-order valence-corrected chi connectivity index (χ4v) is 4.09.